The van der Waals surface area contributed by atoms with Crippen molar-refractivity contribution in [2.45, 2.75) is 16.1 Å². The normalized spacial score (nSPS) is 15.1. The van der Waals surface area contributed by atoms with Crippen LogP contribution >= 0.6 is 23.1 Å². The Kier molecular flexibility index (Phi) is 7.40. The first kappa shape index (κ1) is 27.5. The number of hydrogen-bond donors (Lipinski definition) is 1. The zero-order chi connectivity index (χ0) is 29.4. The fourth-order valence-electron chi connectivity index (χ4n) is 4.68. The molecule has 5 aromatic rings. The molecule has 1 atom stereocenters. The van der Waals surface area contributed by atoms with Gasteiger partial charge in [-0.2, -0.15) is 0 Å². The molecule has 1 amide bonds. The van der Waals surface area contributed by atoms with E-state index in [4.69, 9.17) is 13.9 Å². The Labute approximate surface area is 247 Å². The topological polar surface area (TPSA) is 115 Å². The van der Waals surface area contributed by atoms with E-state index in [1.165, 1.54) is 43.0 Å². The van der Waals surface area contributed by atoms with E-state index in [1.807, 2.05) is 6.07 Å². The van der Waals surface area contributed by atoms with Gasteiger partial charge in [-0.25, -0.2) is 4.39 Å². The lowest BCUT2D eigenvalue weighted by molar-refractivity contribution is -0.117. The maximum Gasteiger partial charge on any atom is 0.296 e. The SMILES string of the molecule is COc1ccc(C2C(C(=O)c3cc4ccccc4o3)=C(O)C(=O)N2c2nnc(SCc3ccc(F)cc3)s2)cc1OC. The van der Waals surface area contributed by atoms with Gasteiger partial charge in [-0.1, -0.05) is 59.5 Å². The van der Waals surface area contributed by atoms with Crippen LogP contribution in [0.15, 0.2) is 92.9 Å². The van der Waals surface area contributed by atoms with E-state index in [9.17, 15) is 19.1 Å². The van der Waals surface area contributed by atoms with Crippen molar-refractivity contribution in [3.8, 4) is 11.5 Å². The Morgan fingerprint density at radius 3 is 2.55 bits per heavy atom. The molecule has 0 radical (unpaired) electrons. The summed E-state index contributed by atoms with van der Waals surface area (Å²) in [6, 6.07) is 18.7. The van der Waals surface area contributed by atoms with Crippen LogP contribution in [0.1, 0.15) is 27.7 Å². The second-order valence-corrected chi connectivity index (χ2v) is 11.4. The molecule has 1 aliphatic heterocycles. The minimum Gasteiger partial charge on any atom is -0.503 e. The Morgan fingerprint density at radius 1 is 1.05 bits per heavy atom. The summed E-state index contributed by atoms with van der Waals surface area (Å²) in [5, 5.41) is 20.5. The number of aliphatic hydroxyl groups is 1. The molecule has 0 fully saturated rings. The van der Waals surface area contributed by atoms with Gasteiger partial charge in [0.25, 0.3) is 5.91 Å². The van der Waals surface area contributed by atoms with Gasteiger partial charge in [-0.05, 0) is 47.5 Å². The second kappa shape index (κ2) is 11.3. The van der Waals surface area contributed by atoms with Gasteiger partial charge in [0.1, 0.15) is 11.4 Å². The summed E-state index contributed by atoms with van der Waals surface area (Å²) in [7, 11) is 2.97. The molecule has 42 heavy (non-hydrogen) atoms. The first-order valence-corrected chi connectivity index (χ1v) is 14.4. The number of carbonyl (C=O) groups excluding carboxylic acids is 2. The highest BCUT2D eigenvalue weighted by Gasteiger charge is 2.47. The Hall–Kier alpha value is -4.68. The number of amides is 1. The van der Waals surface area contributed by atoms with Crippen LogP contribution in [-0.4, -0.2) is 41.2 Å². The summed E-state index contributed by atoms with van der Waals surface area (Å²) in [5.41, 5.74) is 1.69. The van der Waals surface area contributed by atoms with E-state index in [2.05, 4.69) is 10.2 Å². The number of ketones is 1. The quantitative estimate of drug-likeness (QED) is 0.114. The van der Waals surface area contributed by atoms with Crippen molar-refractivity contribution in [3.05, 3.63) is 107 Å². The van der Waals surface area contributed by atoms with Crippen LogP contribution in [0.5, 0.6) is 11.5 Å². The standard InChI is InChI=1S/C30H22FN3O6S2/c1-38-21-12-9-18(14-22(21)39-2)25-24(26(35)23-13-17-5-3-4-6-20(17)40-23)27(36)28(37)34(25)29-32-33-30(42-29)41-15-16-7-10-19(31)11-8-16/h3-14,25,36H,15H2,1-2H3. The second-order valence-electron chi connectivity index (χ2n) is 9.20. The van der Waals surface area contributed by atoms with Crippen molar-refractivity contribution < 1.29 is 33.0 Å². The van der Waals surface area contributed by atoms with Crippen molar-refractivity contribution in [3.63, 3.8) is 0 Å². The highest BCUT2D eigenvalue weighted by Crippen LogP contribution is 2.45. The van der Waals surface area contributed by atoms with E-state index >= 15 is 0 Å². The lowest BCUT2D eigenvalue weighted by atomic mass is 9.95. The molecular weight excluding hydrogens is 581 g/mol. The van der Waals surface area contributed by atoms with Crippen molar-refractivity contribution in [2.75, 3.05) is 19.1 Å². The molecule has 2 aromatic heterocycles. The number of thioether (sulfide) groups is 1. The molecule has 0 bridgehead atoms. The lowest BCUT2D eigenvalue weighted by Crippen LogP contribution is -2.31. The number of halogens is 1. The maximum absolute atomic E-state index is 13.9. The van der Waals surface area contributed by atoms with Crippen LogP contribution in [0, 0.1) is 5.82 Å². The molecule has 1 N–H and O–H groups in total. The van der Waals surface area contributed by atoms with Crippen LogP contribution in [0.25, 0.3) is 11.0 Å². The van der Waals surface area contributed by atoms with Crippen molar-refractivity contribution in [1.29, 1.82) is 0 Å². The molecule has 1 unspecified atom stereocenters. The number of aromatic nitrogens is 2. The zero-order valence-corrected chi connectivity index (χ0v) is 23.9. The first-order chi connectivity index (χ1) is 20.4. The number of rotatable bonds is 9. The number of methoxy groups -OCH3 is 2. The molecular formula is C30H22FN3O6S2. The van der Waals surface area contributed by atoms with Crippen molar-refractivity contribution in [2.24, 2.45) is 0 Å². The summed E-state index contributed by atoms with van der Waals surface area (Å²) in [4.78, 5) is 28.7. The van der Waals surface area contributed by atoms with Crippen molar-refractivity contribution >= 4 is 50.9 Å². The van der Waals surface area contributed by atoms with E-state index < -0.39 is 23.5 Å². The molecule has 12 heteroatoms. The van der Waals surface area contributed by atoms with Gasteiger partial charge < -0.3 is 19.0 Å². The van der Waals surface area contributed by atoms with Gasteiger partial charge in [-0.15, -0.1) is 10.2 Å². The predicted octanol–water partition coefficient (Wildman–Crippen LogP) is 6.52. The number of para-hydroxylation sites is 1. The van der Waals surface area contributed by atoms with Crippen LogP contribution in [0.4, 0.5) is 9.52 Å². The molecule has 212 valence electrons. The number of ether oxygens (including phenoxy) is 2. The van der Waals surface area contributed by atoms with Gasteiger partial charge in [0.2, 0.25) is 10.9 Å². The molecule has 6 rings (SSSR count). The van der Waals surface area contributed by atoms with Crippen LogP contribution < -0.4 is 14.4 Å². The predicted molar refractivity (Wildman–Crippen MR) is 156 cm³/mol. The van der Waals surface area contributed by atoms with E-state index in [0.717, 1.165) is 16.9 Å². The minimum atomic E-state index is -1.07. The monoisotopic (exact) mass is 603 g/mol. The highest BCUT2D eigenvalue weighted by atomic mass is 32.2. The van der Waals surface area contributed by atoms with Crippen LogP contribution in [-0.2, 0) is 10.5 Å². The molecule has 3 aromatic carbocycles. The highest BCUT2D eigenvalue weighted by molar-refractivity contribution is 8.00. The largest absolute Gasteiger partial charge is 0.503 e. The molecule has 9 nitrogen and oxygen atoms in total. The third-order valence-electron chi connectivity index (χ3n) is 6.70. The zero-order valence-electron chi connectivity index (χ0n) is 22.2. The molecule has 0 saturated carbocycles. The summed E-state index contributed by atoms with van der Waals surface area (Å²) in [6.45, 7) is 0. The minimum absolute atomic E-state index is 0.0225. The fourth-order valence-corrected chi connectivity index (χ4v) is 6.51. The van der Waals surface area contributed by atoms with Crippen molar-refractivity contribution in [1.82, 2.24) is 10.2 Å². The number of Topliss-reactive ketones (excluding diaryl/α,β-unsaturated/α-hetero) is 1. The first-order valence-electron chi connectivity index (χ1n) is 12.6. The van der Waals surface area contributed by atoms with E-state index in [-0.39, 0.29) is 22.3 Å². The number of hydrogen-bond acceptors (Lipinski definition) is 10. The average Bonchev–Trinajstić information content (AvgIpc) is 3.72. The average molecular weight is 604 g/mol. The number of aliphatic hydroxyl groups excluding tert-OH is 1. The number of anilines is 1. The number of fused-ring (bicyclic) bond motifs is 1. The smallest absolute Gasteiger partial charge is 0.296 e. The molecule has 3 heterocycles. The van der Waals surface area contributed by atoms with Gasteiger partial charge in [0.05, 0.1) is 25.8 Å². The van der Waals surface area contributed by atoms with Gasteiger partial charge >= 0.3 is 0 Å². The number of nitrogens with zero attached hydrogens (tertiary/aromatic N) is 3. The van der Waals surface area contributed by atoms with Gasteiger partial charge in [0, 0.05) is 11.1 Å². The van der Waals surface area contributed by atoms with E-state index in [1.54, 1.807) is 54.6 Å². The Bertz CT molecular complexity index is 1820. The molecule has 0 spiro atoms. The van der Waals surface area contributed by atoms with Crippen LogP contribution in [0.2, 0.25) is 0 Å². The number of benzene rings is 3. The van der Waals surface area contributed by atoms with Crippen LogP contribution in [0.3, 0.4) is 0 Å². The summed E-state index contributed by atoms with van der Waals surface area (Å²) >= 11 is 2.50. The number of furan rings is 1. The Balaban J connectivity index is 1.39. The van der Waals surface area contributed by atoms with Gasteiger partial charge in [0.15, 0.2) is 27.4 Å². The summed E-state index contributed by atoms with van der Waals surface area (Å²) in [6.07, 6.45) is 0. The molecule has 0 aliphatic carbocycles. The Morgan fingerprint density at radius 2 is 1.81 bits per heavy atom. The van der Waals surface area contributed by atoms with E-state index in [0.29, 0.717) is 38.1 Å². The molecule has 1 aliphatic rings. The lowest BCUT2D eigenvalue weighted by Gasteiger charge is -2.24. The third kappa shape index (κ3) is 4.99. The third-order valence-corrected chi connectivity index (χ3v) is 8.83. The fraction of sp³-hybridized carbons (Fsp3) is 0.133. The van der Waals surface area contributed by atoms with Gasteiger partial charge in [-0.3, -0.25) is 14.5 Å². The maximum atomic E-state index is 13.9. The summed E-state index contributed by atoms with van der Waals surface area (Å²) in [5.74, 6) is -1.18. The molecule has 0 saturated heterocycles. The summed E-state index contributed by atoms with van der Waals surface area (Å²) < 4.78 is 30.5. The number of carbonyl (C=O) groups is 2.